The summed E-state index contributed by atoms with van der Waals surface area (Å²) in [7, 11) is 0. The van der Waals surface area contributed by atoms with Gasteiger partial charge in [0, 0.05) is 94.3 Å². The van der Waals surface area contributed by atoms with Crippen LogP contribution in [0.4, 0.5) is 0 Å². The van der Waals surface area contributed by atoms with E-state index in [1.54, 1.807) is 12.3 Å². The highest BCUT2D eigenvalue weighted by Crippen LogP contribution is 2.36. The number of pyridine rings is 1. The fraction of sp³-hybridized carbons (Fsp3) is 0.438. The molecule has 0 spiro atoms. The number of aromatic amines is 1. The number of rotatable bonds is 8. The van der Waals surface area contributed by atoms with Crippen LogP contribution in [0, 0.1) is 11.3 Å². The molecule has 2 aromatic rings. The molecular formula is C32H39N9O. The predicted octanol–water partition coefficient (Wildman–Crippen LogP) is 3.11. The molecule has 218 valence electrons. The van der Waals surface area contributed by atoms with Crippen molar-refractivity contribution in [1.82, 2.24) is 34.4 Å². The number of hydrogen-bond acceptors (Lipinski definition) is 8. The second-order valence-corrected chi connectivity index (χ2v) is 11.3. The number of nitriles is 1. The van der Waals surface area contributed by atoms with Crippen molar-refractivity contribution in [3.8, 4) is 6.07 Å². The van der Waals surface area contributed by atoms with E-state index in [9.17, 15) is 10.1 Å². The minimum Gasteiger partial charge on any atom is -0.374 e. The average Bonchev–Trinajstić information content (AvgIpc) is 3.27. The zero-order chi connectivity index (χ0) is 29.1. The van der Waals surface area contributed by atoms with Gasteiger partial charge in [0.25, 0.3) is 0 Å². The molecule has 4 fully saturated rings. The Balaban J connectivity index is 1.12. The lowest BCUT2D eigenvalue weighted by atomic mass is 9.87. The third-order valence-electron chi connectivity index (χ3n) is 8.90. The Morgan fingerprint density at radius 2 is 1.95 bits per heavy atom. The third kappa shape index (κ3) is 5.75. The molecular weight excluding hydrogens is 526 g/mol. The summed E-state index contributed by atoms with van der Waals surface area (Å²) in [5.74, 6) is 1.01. The zero-order valence-electron chi connectivity index (χ0n) is 24.5. The molecule has 2 unspecified atom stereocenters. The van der Waals surface area contributed by atoms with Crippen LogP contribution in [-0.2, 0) is 6.54 Å². The van der Waals surface area contributed by atoms with Crippen LogP contribution in [0.5, 0.6) is 0 Å². The summed E-state index contributed by atoms with van der Waals surface area (Å²) >= 11 is 0. The van der Waals surface area contributed by atoms with Crippen molar-refractivity contribution in [2.45, 2.75) is 45.3 Å². The molecule has 0 aromatic carbocycles. The number of piperazine rings is 2. The summed E-state index contributed by atoms with van der Waals surface area (Å²) in [6.07, 6.45) is 17.9. The Morgan fingerprint density at radius 1 is 1.14 bits per heavy atom. The van der Waals surface area contributed by atoms with Crippen molar-refractivity contribution < 1.29 is 0 Å². The highest BCUT2D eigenvalue weighted by atomic mass is 16.1. The van der Waals surface area contributed by atoms with Gasteiger partial charge in [0.1, 0.15) is 11.9 Å². The van der Waals surface area contributed by atoms with Crippen LogP contribution in [0.3, 0.4) is 0 Å². The number of fused-ring (bicyclic) bond motifs is 2. The SMILES string of the molecule is C/C=C(/C1=CCC=C(N2CC3CC(C2)N3Cc2ccc(=O)[nH]c2)N=C1)c1c(C#N)cnn1/C=C/N1CCN(CC)CC1. The molecule has 5 aliphatic rings. The first-order valence-electron chi connectivity index (χ1n) is 15.0. The van der Waals surface area contributed by atoms with Gasteiger partial charge in [-0.2, -0.15) is 10.4 Å². The number of allylic oxidation sites excluding steroid dienone is 5. The monoisotopic (exact) mass is 565 g/mol. The average molecular weight is 566 g/mol. The van der Waals surface area contributed by atoms with Crippen LogP contribution in [0.1, 0.15) is 43.5 Å². The molecule has 2 atom stereocenters. The second kappa shape index (κ2) is 12.3. The molecule has 2 aromatic heterocycles. The molecule has 0 amide bonds. The van der Waals surface area contributed by atoms with Gasteiger partial charge < -0.3 is 19.7 Å². The number of piperidine rings is 1. The number of aliphatic imine (C=N–C) groups is 1. The first-order chi connectivity index (χ1) is 20.6. The van der Waals surface area contributed by atoms with E-state index >= 15 is 0 Å². The Morgan fingerprint density at radius 3 is 2.64 bits per heavy atom. The molecule has 42 heavy (non-hydrogen) atoms. The lowest BCUT2D eigenvalue weighted by molar-refractivity contribution is -0.0645. The van der Waals surface area contributed by atoms with Crippen LogP contribution >= 0.6 is 0 Å². The Kier molecular flexibility index (Phi) is 8.22. The number of aromatic nitrogens is 3. The summed E-state index contributed by atoms with van der Waals surface area (Å²) in [4.78, 5) is 28.9. The largest absolute Gasteiger partial charge is 0.374 e. The highest BCUT2D eigenvalue weighted by molar-refractivity contribution is 6.01. The van der Waals surface area contributed by atoms with E-state index in [4.69, 9.17) is 4.99 Å². The highest BCUT2D eigenvalue weighted by Gasteiger charge is 2.44. The van der Waals surface area contributed by atoms with Crippen molar-refractivity contribution >= 4 is 18.0 Å². The third-order valence-corrected chi connectivity index (χ3v) is 8.90. The minimum atomic E-state index is -0.0632. The summed E-state index contributed by atoms with van der Waals surface area (Å²) in [5, 5.41) is 14.5. The Bertz CT molecular complexity index is 1510. The van der Waals surface area contributed by atoms with E-state index < -0.39 is 0 Å². The molecule has 7 heterocycles. The fourth-order valence-corrected chi connectivity index (χ4v) is 6.46. The molecule has 0 aliphatic carbocycles. The van der Waals surface area contributed by atoms with Crippen LogP contribution < -0.4 is 5.56 Å². The van der Waals surface area contributed by atoms with Gasteiger partial charge in [0.2, 0.25) is 5.56 Å². The topological polar surface area (TPSA) is 99.8 Å². The number of H-pyrrole nitrogens is 1. The lowest BCUT2D eigenvalue weighted by Gasteiger charge is -2.57. The van der Waals surface area contributed by atoms with Crippen LogP contribution in [0.2, 0.25) is 0 Å². The van der Waals surface area contributed by atoms with Crippen molar-refractivity contribution in [1.29, 1.82) is 5.26 Å². The minimum absolute atomic E-state index is 0.0632. The van der Waals surface area contributed by atoms with Gasteiger partial charge in [-0.15, -0.1) is 0 Å². The van der Waals surface area contributed by atoms with E-state index in [0.29, 0.717) is 17.6 Å². The van der Waals surface area contributed by atoms with Crippen LogP contribution in [0.25, 0.3) is 11.8 Å². The first kappa shape index (κ1) is 27.9. The summed E-state index contributed by atoms with van der Waals surface area (Å²) in [5.41, 5.74) is 4.37. The van der Waals surface area contributed by atoms with Crippen molar-refractivity contribution in [3.05, 3.63) is 87.5 Å². The molecule has 5 aliphatic heterocycles. The molecule has 2 bridgehead atoms. The van der Waals surface area contributed by atoms with E-state index in [-0.39, 0.29) is 5.56 Å². The lowest BCUT2D eigenvalue weighted by Crippen LogP contribution is -2.67. The molecule has 4 saturated heterocycles. The standard InChI is InChI=1S/C32H39N9O/c1-3-29(32-26(17-33)20-36-41(32)15-14-38-12-10-37(4-2)11-13-38)25-6-5-7-30(34-19-25)39-22-27-16-28(23-39)40(27)21-24-8-9-31(42)35-18-24/h3,6-9,14-15,18-20,27-28H,4-5,10-13,16,21-23H2,1-2H3,(H,35,42)/b15-14+,29-3-. The quantitative estimate of drug-likeness (QED) is 0.525. The smallest absolute Gasteiger partial charge is 0.247 e. The molecule has 0 radical (unpaired) electrons. The molecule has 10 nitrogen and oxygen atoms in total. The maximum absolute atomic E-state index is 11.4. The zero-order valence-corrected chi connectivity index (χ0v) is 24.5. The van der Waals surface area contributed by atoms with Crippen LogP contribution in [0.15, 0.2) is 70.1 Å². The maximum atomic E-state index is 11.4. The number of nitrogens with zero attached hydrogens (tertiary/aromatic N) is 8. The number of likely N-dealkylation sites (N-methyl/N-ethyl adjacent to an activating group) is 1. The fourth-order valence-electron chi connectivity index (χ4n) is 6.46. The molecule has 10 heteroatoms. The van der Waals surface area contributed by atoms with Gasteiger partial charge >= 0.3 is 0 Å². The predicted molar refractivity (Wildman–Crippen MR) is 165 cm³/mol. The number of nitrogens with one attached hydrogen (secondary N) is 1. The van der Waals surface area contributed by atoms with E-state index in [1.807, 2.05) is 36.3 Å². The van der Waals surface area contributed by atoms with E-state index in [1.165, 1.54) is 6.42 Å². The summed E-state index contributed by atoms with van der Waals surface area (Å²) in [6, 6.07) is 6.82. The van der Waals surface area contributed by atoms with Crippen LogP contribution in [-0.4, -0.2) is 98.5 Å². The molecule has 7 rings (SSSR count). The van der Waals surface area contributed by atoms with Crippen molar-refractivity contribution in [2.24, 2.45) is 4.99 Å². The van der Waals surface area contributed by atoms with Gasteiger partial charge in [-0.05, 0) is 43.5 Å². The normalized spacial score (nSPS) is 23.4. The van der Waals surface area contributed by atoms with E-state index in [2.05, 4.69) is 67.1 Å². The van der Waals surface area contributed by atoms with Crippen molar-refractivity contribution in [2.75, 3.05) is 45.8 Å². The Labute approximate surface area is 247 Å². The summed E-state index contributed by atoms with van der Waals surface area (Å²) < 4.78 is 1.82. The van der Waals surface area contributed by atoms with Gasteiger partial charge in [-0.25, -0.2) is 9.67 Å². The number of hydrogen-bond donors (Lipinski definition) is 1. The molecule has 0 saturated carbocycles. The maximum Gasteiger partial charge on any atom is 0.247 e. The van der Waals surface area contributed by atoms with Gasteiger partial charge in [0.05, 0.1) is 17.5 Å². The summed E-state index contributed by atoms with van der Waals surface area (Å²) in [6.45, 7) is 12.1. The van der Waals surface area contributed by atoms with Crippen molar-refractivity contribution in [3.63, 3.8) is 0 Å². The van der Waals surface area contributed by atoms with Gasteiger partial charge in [0.15, 0.2) is 0 Å². The second-order valence-electron chi connectivity index (χ2n) is 11.3. The first-order valence-corrected chi connectivity index (χ1v) is 15.0. The van der Waals surface area contributed by atoms with Gasteiger partial charge in [-0.1, -0.05) is 25.1 Å². The Hall–Kier alpha value is -4.20. The molecule has 1 N–H and O–H groups in total. The van der Waals surface area contributed by atoms with E-state index in [0.717, 1.165) is 87.0 Å². The van der Waals surface area contributed by atoms with Gasteiger partial charge in [-0.3, -0.25) is 9.69 Å².